The highest BCUT2D eigenvalue weighted by Gasteiger charge is 2.29. The topological polar surface area (TPSA) is 90.3 Å². The largest absolute Gasteiger partial charge is 0.467 e. The Balaban J connectivity index is 1.53. The molecular formula is C23H22BrN3O4. The van der Waals surface area contributed by atoms with Crippen LogP contribution in [0.2, 0.25) is 0 Å². The third-order valence-corrected chi connectivity index (χ3v) is 5.84. The molecule has 0 bridgehead atoms. The lowest BCUT2D eigenvalue weighted by molar-refractivity contribution is -0.145. The number of nitrogens with one attached hydrogen (secondary N) is 1. The monoisotopic (exact) mass is 483 g/mol. The van der Waals surface area contributed by atoms with E-state index < -0.39 is 12.0 Å². The van der Waals surface area contributed by atoms with E-state index in [4.69, 9.17) is 4.74 Å². The van der Waals surface area contributed by atoms with Crippen molar-refractivity contribution in [3.63, 3.8) is 0 Å². The molecule has 0 spiro atoms. The number of rotatable bonds is 7. The van der Waals surface area contributed by atoms with Crippen LogP contribution in [0.25, 0.3) is 10.9 Å². The molecule has 1 atom stereocenters. The number of nitrogens with zero attached hydrogens (tertiary/aromatic N) is 2. The Hall–Kier alpha value is -3.00. The summed E-state index contributed by atoms with van der Waals surface area (Å²) in [5, 5.41) is 3.33. The van der Waals surface area contributed by atoms with Crippen molar-refractivity contribution in [3.8, 4) is 0 Å². The van der Waals surface area contributed by atoms with Crippen molar-refractivity contribution < 1.29 is 14.3 Å². The van der Waals surface area contributed by atoms with Crippen molar-refractivity contribution in [1.82, 2.24) is 14.9 Å². The third kappa shape index (κ3) is 4.69. The van der Waals surface area contributed by atoms with Gasteiger partial charge in [-0.3, -0.25) is 14.2 Å². The summed E-state index contributed by atoms with van der Waals surface area (Å²) in [6.07, 6.45) is 2.28. The van der Waals surface area contributed by atoms with Gasteiger partial charge in [0, 0.05) is 23.4 Å². The molecule has 31 heavy (non-hydrogen) atoms. The zero-order chi connectivity index (χ0) is 22.0. The predicted octanol–water partition coefficient (Wildman–Crippen LogP) is 3.46. The van der Waals surface area contributed by atoms with Gasteiger partial charge in [0.05, 0.1) is 18.0 Å². The molecule has 1 fully saturated rings. The first-order valence-corrected chi connectivity index (χ1v) is 10.9. The molecule has 1 saturated carbocycles. The SMILES string of the molecule is COC(=O)C(NC(=O)CCc1nc2ccccc2c(=O)n1C1CC1)c1ccc(Br)cc1. The number of halogens is 1. The van der Waals surface area contributed by atoms with E-state index >= 15 is 0 Å². The summed E-state index contributed by atoms with van der Waals surface area (Å²) in [5.74, 6) is -0.267. The number of hydrogen-bond donors (Lipinski definition) is 1. The van der Waals surface area contributed by atoms with Crippen molar-refractivity contribution in [2.45, 2.75) is 37.8 Å². The summed E-state index contributed by atoms with van der Waals surface area (Å²) in [5.41, 5.74) is 1.19. The summed E-state index contributed by atoms with van der Waals surface area (Å²) < 4.78 is 7.45. The Morgan fingerprint density at radius 3 is 2.58 bits per heavy atom. The van der Waals surface area contributed by atoms with Crippen molar-refractivity contribution in [3.05, 3.63) is 74.7 Å². The molecule has 1 heterocycles. The van der Waals surface area contributed by atoms with E-state index in [-0.39, 0.29) is 23.9 Å². The predicted molar refractivity (Wildman–Crippen MR) is 120 cm³/mol. The summed E-state index contributed by atoms with van der Waals surface area (Å²) >= 11 is 3.36. The average Bonchev–Trinajstić information content (AvgIpc) is 3.61. The fraction of sp³-hybridized carbons (Fsp3) is 0.304. The van der Waals surface area contributed by atoms with E-state index in [0.29, 0.717) is 28.7 Å². The van der Waals surface area contributed by atoms with E-state index in [1.165, 1.54) is 7.11 Å². The number of hydrogen-bond acceptors (Lipinski definition) is 5. The number of carbonyl (C=O) groups excluding carboxylic acids is 2. The molecule has 1 aliphatic carbocycles. The van der Waals surface area contributed by atoms with Gasteiger partial charge in [0.1, 0.15) is 5.82 Å². The van der Waals surface area contributed by atoms with Crippen molar-refractivity contribution in [2.75, 3.05) is 7.11 Å². The van der Waals surface area contributed by atoms with Gasteiger partial charge in [-0.25, -0.2) is 9.78 Å². The maximum absolute atomic E-state index is 13.0. The van der Waals surface area contributed by atoms with Crippen LogP contribution in [0, 0.1) is 0 Å². The molecule has 0 aliphatic heterocycles. The van der Waals surface area contributed by atoms with Crippen molar-refractivity contribution in [2.24, 2.45) is 0 Å². The molecule has 160 valence electrons. The molecule has 4 rings (SSSR count). The van der Waals surface area contributed by atoms with Crippen LogP contribution in [0.1, 0.15) is 42.7 Å². The second-order valence-electron chi connectivity index (χ2n) is 7.53. The van der Waals surface area contributed by atoms with Gasteiger partial charge in [0.15, 0.2) is 6.04 Å². The van der Waals surface area contributed by atoms with Gasteiger partial charge < -0.3 is 10.1 Å². The molecule has 0 radical (unpaired) electrons. The first kappa shape index (κ1) is 21.2. The Morgan fingerprint density at radius 1 is 1.19 bits per heavy atom. The Morgan fingerprint density at radius 2 is 1.90 bits per heavy atom. The van der Waals surface area contributed by atoms with Crippen molar-refractivity contribution >= 4 is 38.7 Å². The molecule has 2 aromatic carbocycles. The minimum absolute atomic E-state index is 0.0641. The van der Waals surface area contributed by atoms with Crippen LogP contribution in [0.3, 0.4) is 0 Å². The number of benzene rings is 2. The summed E-state index contributed by atoms with van der Waals surface area (Å²) in [4.78, 5) is 42.5. The van der Waals surface area contributed by atoms with Gasteiger partial charge in [-0.05, 0) is 42.7 Å². The highest BCUT2D eigenvalue weighted by atomic mass is 79.9. The van der Waals surface area contributed by atoms with E-state index in [0.717, 1.165) is 17.3 Å². The Kier molecular flexibility index (Phi) is 6.18. The number of carbonyl (C=O) groups is 2. The molecule has 1 aliphatic rings. The smallest absolute Gasteiger partial charge is 0.333 e. The minimum atomic E-state index is -0.902. The molecular weight excluding hydrogens is 462 g/mol. The fourth-order valence-corrected chi connectivity index (χ4v) is 3.85. The van der Waals surface area contributed by atoms with Crippen LogP contribution < -0.4 is 10.9 Å². The lowest BCUT2D eigenvalue weighted by atomic mass is 10.1. The minimum Gasteiger partial charge on any atom is -0.467 e. The van der Waals surface area contributed by atoms with E-state index in [2.05, 4.69) is 26.2 Å². The zero-order valence-corrected chi connectivity index (χ0v) is 18.6. The molecule has 1 amide bonds. The number of aromatic nitrogens is 2. The molecule has 1 unspecified atom stereocenters. The number of esters is 1. The molecule has 3 aromatic rings. The number of para-hydroxylation sites is 1. The van der Waals surface area contributed by atoms with Crippen LogP contribution in [0.5, 0.6) is 0 Å². The maximum atomic E-state index is 13.0. The van der Waals surface area contributed by atoms with Gasteiger partial charge in [0.2, 0.25) is 5.91 Å². The zero-order valence-electron chi connectivity index (χ0n) is 17.0. The fourth-order valence-electron chi connectivity index (χ4n) is 3.59. The quantitative estimate of drug-likeness (QED) is 0.519. The number of fused-ring (bicyclic) bond motifs is 1. The van der Waals surface area contributed by atoms with E-state index in [9.17, 15) is 14.4 Å². The number of aryl methyl sites for hydroxylation is 1. The highest BCUT2D eigenvalue weighted by molar-refractivity contribution is 9.10. The maximum Gasteiger partial charge on any atom is 0.333 e. The molecule has 8 heteroatoms. The standard InChI is InChI=1S/C23H22BrN3O4/c1-31-23(30)21(14-6-8-15(24)9-7-14)26-20(28)13-12-19-25-18-5-3-2-4-17(18)22(29)27(19)16-10-11-16/h2-9,16,21H,10-13H2,1H3,(H,26,28). The van der Waals surface area contributed by atoms with Crippen LogP contribution in [0.15, 0.2) is 57.8 Å². The summed E-state index contributed by atoms with van der Waals surface area (Å²) in [6.45, 7) is 0. The third-order valence-electron chi connectivity index (χ3n) is 5.31. The van der Waals surface area contributed by atoms with Crippen LogP contribution in [0.4, 0.5) is 0 Å². The molecule has 1 N–H and O–H groups in total. The van der Waals surface area contributed by atoms with E-state index in [1.807, 2.05) is 12.1 Å². The Labute approximate surface area is 187 Å². The number of ether oxygens (including phenoxy) is 1. The van der Waals surface area contributed by atoms with Crippen LogP contribution >= 0.6 is 15.9 Å². The Bertz CT molecular complexity index is 1190. The van der Waals surface area contributed by atoms with Gasteiger partial charge in [0.25, 0.3) is 5.56 Å². The van der Waals surface area contributed by atoms with Gasteiger partial charge in [-0.1, -0.05) is 40.2 Å². The highest BCUT2D eigenvalue weighted by Crippen LogP contribution is 2.35. The second-order valence-corrected chi connectivity index (χ2v) is 8.44. The van der Waals surface area contributed by atoms with Gasteiger partial charge in [-0.2, -0.15) is 0 Å². The molecule has 7 nitrogen and oxygen atoms in total. The average molecular weight is 484 g/mol. The summed E-state index contributed by atoms with van der Waals surface area (Å²) in [7, 11) is 1.29. The van der Waals surface area contributed by atoms with E-state index in [1.54, 1.807) is 41.0 Å². The van der Waals surface area contributed by atoms with Crippen LogP contribution in [-0.4, -0.2) is 28.5 Å². The lowest BCUT2D eigenvalue weighted by Crippen LogP contribution is -2.35. The number of amides is 1. The molecule has 0 saturated heterocycles. The number of methoxy groups -OCH3 is 1. The summed E-state index contributed by atoms with van der Waals surface area (Å²) in [6, 6.07) is 13.6. The van der Waals surface area contributed by atoms with Crippen molar-refractivity contribution in [1.29, 1.82) is 0 Å². The van der Waals surface area contributed by atoms with Crippen LogP contribution in [-0.2, 0) is 20.7 Å². The second kappa shape index (κ2) is 9.01. The first-order valence-electron chi connectivity index (χ1n) is 10.1. The lowest BCUT2D eigenvalue weighted by Gasteiger charge is -2.17. The van der Waals surface area contributed by atoms with Gasteiger partial charge in [-0.15, -0.1) is 0 Å². The first-order chi connectivity index (χ1) is 15.0. The van der Waals surface area contributed by atoms with Gasteiger partial charge >= 0.3 is 5.97 Å². The normalized spacial score (nSPS) is 14.3. The molecule has 1 aromatic heterocycles.